The number of nitrogens with zero attached hydrogens (tertiary/aromatic N) is 4. The van der Waals surface area contributed by atoms with Crippen molar-refractivity contribution in [1.29, 1.82) is 0 Å². The van der Waals surface area contributed by atoms with Gasteiger partial charge in [0.05, 0.1) is 5.51 Å². The SMILES string of the molecule is c1ncc(CN2CCc3nc(C4CC4)ncc3C2)s1. The average molecular weight is 272 g/mol. The van der Waals surface area contributed by atoms with Gasteiger partial charge in [0.25, 0.3) is 0 Å². The molecule has 1 aliphatic heterocycles. The molecule has 4 nitrogen and oxygen atoms in total. The van der Waals surface area contributed by atoms with E-state index < -0.39 is 0 Å². The monoisotopic (exact) mass is 272 g/mol. The van der Waals surface area contributed by atoms with Crippen molar-refractivity contribution in [2.75, 3.05) is 6.54 Å². The molecule has 2 aromatic heterocycles. The minimum Gasteiger partial charge on any atom is -0.293 e. The predicted octanol–water partition coefficient (Wildman–Crippen LogP) is 2.37. The number of fused-ring (bicyclic) bond motifs is 1. The largest absolute Gasteiger partial charge is 0.293 e. The molecule has 1 aliphatic carbocycles. The fourth-order valence-electron chi connectivity index (χ4n) is 2.60. The first-order chi connectivity index (χ1) is 9.38. The second-order valence-corrected chi connectivity index (χ2v) is 6.37. The van der Waals surface area contributed by atoms with Crippen LogP contribution in [0.2, 0.25) is 0 Å². The van der Waals surface area contributed by atoms with Crippen molar-refractivity contribution in [3.8, 4) is 0 Å². The van der Waals surface area contributed by atoms with E-state index in [4.69, 9.17) is 4.98 Å². The molecule has 2 aromatic rings. The molecule has 1 saturated carbocycles. The van der Waals surface area contributed by atoms with Crippen molar-refractivity contribution in [1.82, 2.24) is 19.9 Å². The molecule has 0 aromatic carbocycles. The summed E-state index contributed by atoms with van der Waals surface area (Å²) >= 11 is 1.73. The highest BCUT2D eigenvalue weighted by molar-refractivity contribution is 7.09. The van der Waals surface area contributed by atoms with Crippen molar-refractivity contribution in [2.45, 2.75) is 38.3 Å². The first-order valence-electron chi connectivity index (χ1n) is 6.83. The van der Waals surface area contributed by atoms with E-state index in [0.29, 0.717) is 5.92 Å². The van der Waals surface area contributed by atoms with Crippen LogP contribution in [-0.2, 0) is 19.5 Å². The van der Waals surface area contributed by atoms with Gasteiger partial charge in [0.2, 0.25) is 0 Å². The Hall–Kier alpha value is -1.33. The molecule has 2 aliphatic rings. The van der Waals surface area contributed by atoms with Crippen LogP contribution >= 0.6 is 11.3 Å². The molecule has 0 bridgehead atoms. The van der Waals surface area contributed by atoms with Gasteiger partial charge in [-0.2, -0.15) is 0 Å². The summed E-state index contributed by atoms with van der Waals surface area (Å²) in [4.78, 5) is 17.2. The molecule has 5 heteroatoms. The summed E-state index contributed by atoms with van der Waals surface area (Å²) < 4.78 is 0. The van der Waals surface area contributed by atoms with Crippen LogP contribution in [0.4, 0.5) is 0 Å². The van der Waals surface area contributed by atoms with Gasteiger partial charge in [0.1, 0.15) is 5.82 Å². The third kappa shape index (κ3) is 2.40. The zero-order valence-electron chi connectivity index (χ0n) is 10.7. The van der Waals surface area contributed by atoms with Gasteiger partial charge < -0.3 is 0 Å². The highest BCUT2D eigenvalue weighted by atomic mass is 32.1. The zero-order chi connectivity index (χ0) is 12.7. The fourth-order valence-corrected chi connectivity index (χ4v) is 3.24. The Morgan fingerprint density at radius 2 is 2.26 bits per heavy atom. The van der Waals surface area contributed by atoms with Gasteiger partial charge in [-0.25, -0.2) is 9.97 Å². The number of hydrogen-bond acceptors (Lipinski definition) is 5. The maximum atomic E-state index is 4.76. The minimum atomic E-state index is 0.653. The van der Waals surface area contributed by atoms with Crippen molar-refractivity contribution in [3.05, 3.63) is 39.9 Å². The summed E-state index contributed by atoms with van der Waals surface area (Å²) in [7, 11) is 0. The lowest BCUT2D eigenvalue weighted by molar-refractivity contribution is 0.244. The predicted molar refractivity (Wildman–Crippen MR) is 73.9 cm³/mol. The van der Waals surface area contributed by atoms with Crippen molar-refractivity contribution in [3.63, 3.8) is 0 Å². The average Bonchev–Trinajstić information content (AvgIpc) is 3.17. The lowest BCUT2D eigenvalue weighted by Gasteiger charge is -2.27. The third-order valence-electron chi connectivity index (χ3n) is 3.84. The van der Waals surface area contributed by atoms with E-state index in [1.165, 1.54) is 29.0 Å². The van der Waals surface area contributed by atoms with Gasteiger partial charge in [-0.3, -0.25) is 9.88 Å². The molecule has 0 atom stereocenters. The van der Waals surface area contributed by atoms with E-state index in [0.717, 1.165) is 31.9 Å². The topological polar surface area (TPSA) is 41.9 Å². The lowest BCUT2D eigenvalue weighted by Crippen LogP contribution is -2.30. The van der Waals surface area contributed by atoms with Crippen molar-refractivity contribution < 1.29 is 0 Å². The van der Waals surface area contributed by atoms with Gasteiger partial charge in [-0.15, -0.1) is 11.3 Å². The number of rotatable bonds is 3. The molecule has 3 heterocycles. The lowest BCUT2D eigenvalue weighted by atomic mass is 10.1. The smallest absolute Gasteiger partial charge is 0.131 e. The molecule has 0 unspecified atom stereocenters. The standard InChI is InChI=1S/C14H16N4S/c1-2-10(1)14-16-5-11-7-18(4-3-13(11)17-14)8-12-6-15-9-19-12/h5-6,9-10H,1-4,7-8H2. The van der Waals surface area contributed by atoms with Crippen LogP contribution in [0, 0.1) is 0 Å². The van der Waals surface area contributed by atoms with E-state index in [9.17, 15) is 0 Å². The van der Waals surface area contributed by atoms with Crippen LogP contribution in [0.25, 0.3) is 0 Å². The zero-order valence-corrected chi connectivity index (χ0v) is 11.6. The van der Waals surface area contributed by atoms with Gasteiger partial charge in [-0.1, -0.05) is 0 Å². The maximum Gasteiger partial charge on any atom is 0.131 e. The summed E-state index contributed by atoms with van der Waals surface area (Å²) in [5, 5.41) is 0. The molecule has 0 N–H and O–H groups in total. The number of hydrogen-bond donors (Lipinski definition) is 0. The Morgan fingerprint density at radius 3 is 3.05 bits per heavy atom. The normalized spacial score (nSPS) is 19.4. The Bertz CT molecular complexity index is 577. The summed E-state index contributed by atoms with van der Waals surface area (Å²) in [6.45, 7) is 3.05. The summed E-state index contributed by atoms with van der Waals surface area (Å²) in [5.41, 5.74) is 4.48. The molecule has 0 radical (unpaired) electrons. The Morgan fingerprint density at radius 1 is 1.32 bits per heavy atom. The quantitative estimate of drug-likeness (QED) is 0.860. The van der Waals surface area contributed by atoms with Crippen LogP contribution in [-0.4, -0.2) is 26.4 Å². The fraction of sp³-hybridized carbons (Fsp3) is 0.500. The van der Waals surface area contributed by atoms with Crippen LogP contribution in [0.1, 0.15) is 40.7 Å². The van der Waals surface area contributed by atoms with Crippen LogP contribution < -0.4 is 0 Å². The van der Waals surface area contributed by atoms with Crippen LogP contribution in [0.15, 0.2) is 17.9 Å². The number of aromatic nitrogens is 3. The van der Waals surface area contributed by atoms with Gasteiger partial charge >= 0.3 is 0 Å². The first-order valence-corrected chi connectivity index (χ1v) is 7.71. The third-order valence-corrected chi connectivity index (χ3v) is 4.60. The van der Waals surface area contributed by atoms with E-state index >= 15 is 0 Å². The molecule has 98 valence electrons. The number of thiazole rings is 1. The van der Waals surface area contributed by atoms with Gasteiger partial charge in [0, 0.05) is 60.5 Å². The van der Waals surface area contributed by atoms with E-state index in [1.807, 2.05) is 11.7 Å². The molecular weight excluding hydrogens is 256 g/mol. The molecular formula is C14H16N4S. The summed E-state index contributed by atoms with van der Waals surface area (Å²) in [6, 6.07) is 0. The van der Waals surface area contributed by atoms with E-state index in [2.05, 4.69) is 21.1 Å². The first kappa shape index (κ1) is 11.5. The molecule has 0 amide bonds. The van der Waals surface area contributed by atoms with E-state index in [-0.39, 0.29) is 0 Å². The molecule has 0 saturated heterocycles. The summed E-state index contributed by atoms with van der Waals surface area (Å²) in [5.74, 6) is 1.73. The molecule has 4 rings (SSSR count). The highest BCUT2D eigenvalue weighted by Crippen LogP contribution is 2.38. The van der Waals surface area contributed by atoms with Crippen molar-refractivity contribution in [2.24, 2.45) is 0 Å². The summed E-state index contributed by atoms with van der Waals surface area (Å²) in [6.07, 6.45) is 7.62. The maximum absolute atomic E-state index is 4.76. The Kier molecular flexibility index (Phi) is 2.81. The van der Waals surface area contributed by atoms with Gasteiger partial charge in [-0.05, 0) is 12.8 Å². The Balaban J connectivity index is 1.50. The van der Waals surface area contributed by atoms with Crippen molar-refractivity contribution >= 4 is 11.3 Å². The second kappa shape index (κ2) is 4.65. The molecule has 0 spiro atoms. The highest BCUT2D eigenvalue weighted by Gasteiger charge is 2.28. The molecule has 19 heavy (non-hydrogen) atoms. The minimum absolute atomic E-state index is 0.653. The van der Waals surface area contributed by atoms with Gasteiger partial charge in [0.15, 0.2) is 0 Å². The Labute approximate surface area is 116 Å². The van der Waals surface area contributed by atoms with E-state index in [1.54, 1.807) is 11.3 Å². The van der Waals surface area contributed by atoms with Crippen LogP contribution in [0.5, 0.6) is 0 Å². The second-order valence-electron chi connectivity index (χ2n) is 5.40. The molecule has 1 fully saturated rings. The van der Waals surface area contributed by atoms with Crippen LogP contribution in [0.3, 0.4) is 0 Å².